The minimum absolute atomic E-state index is 0.0838. The molecule has 0 bridgehead atoms. The van der Waals surface area contributed by atoms with Gasteiger partial charge in [-0.2, -0.15) is 0 Å². The molecular weight excluding hydrogens is 253 g/mol. The molecule has 1 aliphatic rings. The number of rotatable bonds is 2. The van der Waals surface area contributed by atoms with E-state index in [2.05, 4.69) is 14.6 Å². The molecule has 1 aromatic carbocycles. The van der Waals surface area contributed by atoms with Gasteiger partial charge in [0.05, 0.1) is 0 Å². The minimum atomic E-state index is -0.739. The van der Waals surface area contributed by atoms with Crippen LogP contribution in [-0.4, -0.2) is 15.9 Å². The van der Waals surface area contributed by atoms with Gasteiger partial charge in [-0.25, -0.2) is 0 Å². The smallest absolute Gasteiger partial charge is 0.286 e. The summed E-state index contributed by atoms with van der Waals surface area (Å²) in [4.78, 5) is 23.1. The summed E-state index contributed by atoms with van der Waals surface area (Å²) in [6, 6.07) is 8.01. The van der Waals surface area contributed by atoms with E-state index in [4.69, 9.17) is 0 Å². The second-order valence-electron chi connectivity index (χ2n) is 4.34. The fourth-order valence-corrected chi connectivity index (χ4v) is 3.29. The molecule has 3 nitrogen and oxygen atoms in total. The zero-order valence-electron chi connectivity index (χ0n) is 9.69. The van der Waals surface area contributed by atoms with Crippen molar-refractivity contribution in [3.8, 4) is 0 Å². The van der Waals surface area contributed by atoms with Crippen molar-refractivity contribution in [1.29, 1.82) is 0 Å². The Labute approximate surface area is 107 Å². The number of thioether (sulfide) groups is 1. The van der Waals surface area contributed by atoms with Crippen LogP contribution in [0.1, 0.15) is 23.7 Å². The quantitative estimate of drug-likeness (QED) is 0.838. The average Bonchev–Trinajstić information content (AvgIpc) is 2.54. The van der Waals surface area contributed by atoms with Gasteiger partial charge in [0.25, 0.3) is 5.24 Å². The maximum Gasteiger partial charge on any atom is 0.286 e. The monoisotopic (exact) mass is 267 g/mol. The predicted octanol–water partition coefficient (Wildman–Crippen LogP) is 2.65. The van der Waals surface area contributed by atoms with Crippen molar-refractivity contribution in [3.63, 3.8) is 0 Å². The molecule has 3 atom stereocenters. The number of carbonyl (C=O) groups is 2. The fraction of sp³-hybridized carbons (Fsp3) is 0.333. The topological polar surface area (TPSA) is 46.2 Å². The third kappa shape index (κ3) is 2.24. The Balaban J connectivity index is 2.31. The minimum Gasteiger partial charge on any atom is -0.286 e. The van der Waals surface area contributed by atoms with Crippen molar-refractivity contribution in [2.24, 2.45) is 0 Å². The molecule has 2 amide bonds. The van der Waals surface area contributed by atoms with Gasteiger partial charge in [0, 0.05) is 5.66 Å². The predicted molar refractivity (Wildman–Crippen MR) is 73.2 cm³/mol. The van der Waals surface area contributed by atoms with Crippen molar-refractivity contribution >= 4 is 32.1 Å². The molecule has 1 saturated heterocycles. The highest BCUT2D eigenvalue weighted by Gasteiger charge is 2.48. The van der Waals surface area contributed by atoms with Gasteiger partial charge in [-0.1, -0.05) is 29.8 Å². The number of carbonyl (C=O) groups excluding carboxylic acids is 2. The lowest BCUT2D eigenvalue weighted by atomic mass is 9.98. The number of hydrogen-bond donors (Lipinski definition) is 1. The summed E-state index contributed by atoms with van der Waals surface area (Å²) in [5, 5.41) is 2.07. The molecule has 0 saturated carbocycles. The molecule has 1 N–H and O–H groups in total. The van der Waals surface area contributed by atoms with Crippen molar-refractivity contribution in [2.45, 2.75) is 24.3 Å². The van der Waals surface area contributed by atoms with Gasteiger partial charge in [-0.05, 0) is 31.2 Å². The van der Waals surface area contributed by atoms with Gasteiger partial charge in [0.15, 0.2) is 0 Å². The van der Waals surface area contributed by atoms with E-state index in [-0.39, 0.29) is 16.8 Å². The summed E-state index contributed by atoms with van der Waals surface area (Å²) in [6.07, 6.45) is 0. The Morgan fingerprint density at radius 1 is 1.29 bits per heavy atom. The lowest BCUT2D eigenvalue weighted by molar-refractivity contribution is -0.121. The maximum absolute atomic E-state index is 11.8. The fourth-order valence-electron chi connectivity index (χ4n) is 1.78. The van der Waals surface area contributed by atoms with Gasteiger partial charge in [0.1, 0.15) is 4.75 Å². The van der Waals surface area contributed by atoms with Gasteiger partial charge >= 0.3 is 0 Å². The summed E-state index contributed by atoms with van der Waals surface area (Å²) in [6.45, 7) is 3.82. The second kappa shape index (κ2) is 4.43. The Bertz CT molecular complexity index is 474. The van der Waals surface area contributed by atoms with Gasteiger partial charge in [-0.15, -0.1) is 9.24 Å². The highest BCUT2D eigenvalue weighted by Crippen LogP contribution is 2.46. The van der Waals surface area contributed by atoms with Crippen LogP contribution in [-0.2, 0) is 4.79 Å². The molecule has 3 unspecified atom stereocenters. The Kier molecular flexibility index (Phi) is 3.28. The number of hydrogen-bond acceptors (Lipinski definition) is 3. The van der Waals surface area contributed by atoms with Crippen molar-refractivity contribution < 1.29 is 9.59 Å². The van der Waals surface area contributed by atoms with Gasteiger partial charge < -0.3 is 0 Å². The third-order valence-electron chi connectivity index (χ3n) is 3.00. The van der Waals surface area contributed by atoms with Crippen LogP contribution in [0.3, 0.4) is 0 Å². The van der Waals surface area contributed by atoms with E-state index >= 15 is 0 Å². The molecule has 0 aliphatic carbocycles. The van der Waals surface area contributed by atoms with E-state index in [0.29, 0.717) is 0 Å². The lowest BCUT2D eigenvalue weighted by Crippen LogP contribution is -2.37. The number of imide groups is 1. The molecule has 0 radical (unpaired) electrons. The van der Waals surface area contributed by atoms with Crippen LogP contribution in [0, 0.1) is 6.92 Å². The van der Waals surface area contributed by atoms with E-state index in [1.165, 1.54) is 5.56 Å². The Morgan fingerprint density at radius 2 is 1.88 bits per heavy atom. The van der Waals surface area contributed by atoms with Crippen LogP contribution in [0.4, 0.5) is 4.79 Å². The average molecular weight is 267 g/mol. The molecule has 5 heteroatoms. The number of benzene rings is 1. The summed E-state index contributed by atoms with van der Waals surface area (Å²) < 4.78 is -0.739. The second-order valence-corrected chi connectivity index (χ2v) is 6.43. The number of nitrogens with one attached hydrogen (secondary N) is 1. The van der Waals surface area contributed by atoms with Crippen molar-refractivity contribution in [2.75, 3.05) is 0 Å². The molecular formula is C12H14NO2PS. The highest BCUT2D eigenvalue weighted by atomic mass is 32.2. The molecule has 0 aromatic heterocycles. The van der Waals surface area contributed by atoms with E-state index in [1.807, 2.05) is 31.2 Å². The summed E-state index contributed by atoms with van der Waals surface area (Å²) in [5.74, 6) is -0.215. The molecule has 0 spiro atoms. The molecule has 2 rings (SSSR count). The van der Waals surface area contributed by atoms with E-state index in [1.54, 1.807) is 6.92 Å². The van der Waals surface area contributed by atoms with Crippen LogP contribution in [0.15, 0.2) is 24.3 Å². The first-order valence-corrected chi connectivity index (χ1v) is 6.78. The first-order valence-electron chi connectivity index (χ1n) is 5.30. The third-order valence-corrected chi connectivity index (χ3v) is 5.45. The summed E-state index contributed by atoms with van der Waals surface area (Å²) in [5.41, 5.74) is 2.13. The summed E-state index contributed by atoms with van der Waals surface area (Å²) in [7, 11) is 2.67. The standard InChI is InChI=1S/C12H14NO2PS/c1-7-3-5-8(6-4-7)9(16)12(2)10(14)13-11(15)17-12/h3-6,9H,16H2,1-2H3,(H,13,14,15). The molecule has 1 heterocycles. The van der Waals surface area contributed by atoms with E-state index in [9.17, 15) is 9.59 Å². The Morgan fingerprint density at radius 3 is 2.35 bits per heavy atom. The zero-order chi connectivity index (χ0) is 12.6. The maximum atomic E-state index is 11.8. The SMILES string of the molecule is Cc1ccc(C(P)C2(C)SC(=O)NC2=O)cc1. The van der Waals surface area contributed by atoms with Crippen LogP contribution in [0.2, 0.25) is 0 Å². The van der Waals surface area contributed by atoms with E-state index < -0.39 is 4.75 Å². The largest absolute Gasteiger partial charge is 0.286 e. The van der Waals surface area contributed by atoms with Crippen LogP contribution >= 0.6 is 21.0 Å². The normalized spacial score (nSPS) is 25.8. The van der Waals surface area contributed by atoms with Gasteiger partial charge in [-0.3, -0.25) is 14.9 Å². The number of amides is 2. The highest BCUT2D eigenvalue weighted by molar-refractivity contribution is 8.16. The lowest BCUT2D eigenvalue weighted by Gasteiger charge is -2.26. The molecule has 90 valence electrons. The van der Waals surface area contributed by atoms with Crippen molar-refractivity contribution in [3.05, 3.63) is 35.4 Å². The molecule has 1 fully saturated rings. The Hall–Kier alpha value is -0.860. The zero-order valence-corrected chi connectivity index (χ0v) is 11.7. The molecule has 1 aromatic rings. The summed E-state index contributed by atoms with van der Waals surface area (Å²) >= 11 is 1.06. The van der Waals surface area contributed by atoms with Crippen LogP contribution < -0.4 is 5.32 Å². The van der Waals surface area contributed by atoms with Crippen LogP contribution in [0.5, 0.6) is 0 Å². The number of aryl methyl sites for hydroxylation is 1. The first-order chi connectivity index (χ1) is 7.93. The van der Waals surface area contributed by atoms with E-state index in [0.717, 1.165) is 17.3 Å². The molecule has 17 heavy (non-hydrogen) atoms. The van der Waals surface area contributed by atoms with Gasteiger partial charge in [0.2, 0.25) is 5.91 Å². The van der Waals surface area contributed by atoms with Crippen molar-refractivity contribution in [1.82, 2.24) is 5.32 Å². The molecule has 1 aliphatic heterocycles. The first kappa shape index (κ1) is 12.6. The van der Waals surface area contributed by atoms with Crippen LogP contribution in [0.25, 0.3) is 0 Å².